The number of nitrogens with zero attached hydrogens (tertiary/aromatic N) is 2. The molecule has 1 aromatic carbocycles. The fourth-order valence-electron chi connectivity index (χ4n) is 3.11. The predicted octanol–water partition coefficient (Wildman–Crippen LogP) is 1.98. The largest absolute Gasteiger partial charge is 0.376 e. The molecular weight excluding hydrogens is 327 g/mol. The molecule has 25 heavy (non-hydrogen) atoms. The molecule has 0 aliphatic carbocycles. The van der Waals surface area contributed by atoms with Crippen molar-refractivity contribution >= 4 is 11.6 Å². The Labute approximate surface area is 144 Å². The lowest BCUT2D eigenvalue weighted by atomic mass is 9.87. The Bertz CT molecular complexity index is 797. The SMILES string of the molecule is CC1(C)C[C@H](C(=O)N(Cc2n[nH]c(=O)[nH]2)c2ccc(F)cc2)CCO1. The van der Waals surface area contributed by atoms with E-state index in [9.17, 15) is 14.0 Å². The summed E-state index contributed by atoms with van der Waals surface area (Å²) in [5.41, 5.74) is -0.249. The number of rotatable bonds is 4. The number of benzene rings is 1. The highest BCUT2D eigenvalue weighted by Gasteiger charge is 2.35. The zero-order valence-corrected chi connectivity index (χ0v) is 14.2. The van der Waals surface area contributed by atoms with Crippen molar-refractivity contribution in [1.82, 2.24) is 15.2 Å². The predicted molar refractivity (Wildman–Crippen MR) is 89.6 cm³/mol. The normalized spacial score (nSPS) is 19.6. The van der Waals surface area contributed by atoms with E-state index >= 15 is 0 Å². The Hall–Kier alpha value is -2.48. The first kappa shape index (κ1) is 17.3. The molecule has 1 aliphatic heterocycles. The van der Waals surface area contributed by atoms with Crippen LogP contribution in [0.4, 0.5) is 10.1 Å². The maximum Gasteiger partial charge on any atom is 0.340 e. The van der Waals surface area contributed by atoms with Crippen LogP contribution in [0.25, 0.3) is 0 Å². The number of aromatic amines is 2. The molecule has 0 spiro atoms. The second-order valence-electron chi connectivity index (χ2n) is 6.82. The molecule has 1 fully saturated rings. The van der Waals surface area contributed by atoms with Crippen LogP contribution in [0, 0.1) is 11.7 Å². The van der Waals surface area contributed by atoms with Crippen molar-refractivity contribution in [1.29, 1.82) is 0 Å². The van der Waals surface area contributed by atoms with Gasteiger partial charge in [0.1, 0.15) is 5.82 Å². The lowest BCUT2D eigenvalue weighted by Crippen LogP contribution is -2.43. The van der Waals surface area contributed by atoms with Gasteiger partial charge < -0.3 is 9.64 Å². The van der Waals surface area contributed by atoms with Gasteiger partial charge in [-0.15, -0.1) is 0 Å². The van der Waals surface area contributed by atoms with Crippen molar-refractivity contribution < 1.29 is 13.9 Å². The van der Waals surface area contributed by atoms with E-state index < -0.39 is 5.69 Å². The molecule has 2 heterocycles. The van der Waals surface area contributed by atoms with Gasteiger partial charge in [-0.1, -0.05) is 0 Å². The Morgan fingerprint density at radius 2 is 2.12 bits per heavy atom. The second kappa shape index (κ2) is 6.79. The first-order valence-electron chi connectivity index (χ1n) is 8.18. The van der Waals surface area contributed by atoms with Crippen molar-refractivity contribution in [3.63, 3.8) is 0 Å². The number of halogens is 1. The highest BCUT2D eigenvalue weighted by atomic mass is 19.1. The first-order valence-corrected chi connectivity index (χ1v) is 8.18. The van der Waals surface area contributed by atoms with Crippen LogP contribution in [0.2, 0.25) is 0 Å². The molecule has 3 rings (SSSR count). The summed E-state index contributed by atoms with van der Waals surface area (Å²) in [7, 11) is 0. The minimum absolute atomic E-state index is 0.0909. The van der Waals surface area contributed by atoms with E-state index in [1.54, 1.807) is 12.1 Å². The Morgan fingerprint density at radius 1 is 1.40 bits per heavy atom. The van der Waals surface area contributed by atoms with Crippen molar-refractivity contribution in [2.75, 3.05) is 11.5 Å². The number of anilines is 1. The molecule has 134 valence electrons. The lowest BCUT2D eigenvalue weighted by Gasteiger charge is -2.37. The lowest BCUT2D eigenvalue weighted by molar-refractivity contribution is -0.132. The number of carbonyl (C=O) groups excluding carboxylic acids is 1. The summed E-state index contributed by atoms with van der Waals surface area (Å²) in [5.74, 6) is -0.336. The number of amides is 1. The standard InChI is InChI=1S/C17H21FN4O3/c1-17(2)9-11(7-8-25-17)15(23)22(10-14-19-16(24)21-20-14)13-5-3-12(18)4-6-13/h3-6,11H,7-10H2,1-2H3,(H2,19,20,21,24)/t11-/m1/s1. The topological polar surface area (TPSA) is 91.1 Å². The van der Waals surface area contributed by atoms with Crippen LogP contribution < -0.4 is 10.6 Å². The highest BCUT2D eigenvalue weighted by Crippen LogP contribution is 2.31. The summed E-state index contributed by atoms with van der Waals surface area (Å²) >= 11 is 0. The van der Waals surface area contributed by atoms with Crippen LogP contribution in [-0.4, -0.2) is 33.3 Å². The van der Waals surface area contributed by atoms with Crippen molar-refractivity contribution in [3.8, 4) is 0 Å². The average molecular weight is 348 g/mol. The van der Waals surface area contributed by atoms with Gasteiger partial charge in [0, 0.05) is 18.2 Å². The summed E-state index contributed by atoms with van der Waals surface area (Å²) in [6.07, 6.45) is 1.22. The number of H-pyrrole nitrogens is 2. The molecule has 1 amide bonds. The van der Waals surface area contributed by atoms with Gasteiger partial charge in [0.15, 0.2) is 5.82 Å². The molecule has 1 aromatic heterocycles. The highest BCUT2D eigenvalue weighted by molar-refractivity contribution is 5.95. The molecule has 2 aromatic rings. The van der Waals surface area contributed by atoms with E-state index in [1.165, 1.54) is 17.0 Å². The number of hydrogen-bond acceptors (Lipinski definition) is 4. The maximum atomic E-state index is 13.3. The maximum absolute atomic E-state index is 13.3. The van der Waals surface area contributed by atoms with Crippen LogP contribution in [0.15, 0.2) is 29.1 Å². The fraction of sp³-hybridized carbons (Fsp3) is 0.471. The molecule has 1 saturated heterocycles. The Morgan fingerprint density at radius 3 is 2.72 bits per heavy atom. The van der Waals surface area contributed by atoms with Gasteiger partial charge in [0.05, 0.1) is 12.1 Å². The number of aromatic nitrogens is 3. The third-order valence-corrected chi connectivity index (χ3v) is 4.31. The van der Waals surface area contributed by atoms with Crippen LogP contribution in [0.1, 0.15) is 32.5 Å². The van der Waals surface area contributed by atoms with Gasteiger partial charge in [-0.2, -0.15) is 5.10 Å². The summed E-state index contributed by atoms with van der Waals surface area (Å²) in [5, 5.41) is 6.16. The quantitative estimate of drug-likeness (QED) is 0.884. The molecule has 1 atom stereocenters. The molecule has 0 unspecified atom stereocenters. The van der Waals surface area contributed by atoms with Gasteiger partial charge >= 0.3 is 5.69 Å². The third kappa shape index (κ3) is 4.14. The molecule has 1 aliphatic rings. The van der Waals surface area contributed by atoms with Crippen molar-refractivity contribution in [3.05, 3.63) is 46.4 Å². The third-order valence-electron chi connectivity index (χ3n) is 4.31. The summed E-state index contributed by atoms with van der Waals surface area (Å²) in [6, 6.07) is 5.69. The van der Waals surface area contributed by atoms with Gasteiger partial charge in [-0.25, -0.2) is 14.3 Å². The summed E-state index contributed by atoms with van der Waals surface area (Å²) in [6.45, 7) is 4.53. The van der Waals surface area contributed by atoms with E-state index in [2.05, 4.69) is 15.2 Å². The number of hydrogen-bond donors (Lipinski definition) is 2. The molecule has 0 bridgehead atoms. The minimum Gasteiger partial charge on any atom is -0.376 e. The first-order chi connectivity index (χ1) is 11.8. The van der Waals surface area contributed by atoms with E-state index in [0.717, 1.165) is 0 Å². The van der Waals surface area contributed by atoms with Crippen LogP contribution in [0.5, 0.6) is 0 Å². The molecular formula is C17H21FN4O3. The van der Waals surface area contributed by atoms with Gasteiger partial charge in [0.2, 0.25) is 5.91 Å². The zero-order valence-electron chi connectivity index (χ0n) is 14.2. The van der Waals surface area contributed by atoms with Gasteiger partial charge in [0.25, 0.3) is 0 Å². The van der Waals surface area contributed by atoms with Crippen LogP contribution in [-0.2, 0) is 16.1 Å². The number of carbonyl (C=O) groups is 1. The van der Waals surface area contributed by atoms with E-state index in [1.807, 2.05) is 13.8 Å². The molecule has 8 heteroatoms. The Balaban J connectivity index is 1.88. The molecule has 7 nitrogen and oxygen atoms in total. The molecule has 2 N–H and O–H groups in total. The number of nitrogens with one attached hydrogen (secondary N) is 2. The van der Waals surface area contributed by atoms with Crippen molar-refractivity contribution in [2.45, 2.75) is 38.8 Å². The zero-order chi connectivity index (χ0) is 18.0. The van der Waals surface area contributed by atoms with Gasteiger partial charge in [-0.05, 0) is 51.0 Å². The minimum atomic E-state index is -0.436. The smallest absolute Gasteiger partial charge is 0.340 e. The summed E-state index contributed by atoms with van der Waals surface area (Å²) in [4.78, 5) is 28.5. The van der Waals surface area contributed by atoms with E-state index in [0.29, 0.717) is 31.0 Å². The number of ether oxygens (including phenoxy) is 1. The van der Waals surface area contributed by atoms with Crippen molar-refractivity contribution in [2.24, 2.45) is 5.92 Å². The van der Waals surface area contributed by atoms with Gasteiger partial charge in [-0.3, -0.25) is 9.78 Å². The van der Waals surface area contributed by atoms with Crippen LogP contribution >= 0.6 is 0 Å². The monoisotopic (exact) mass is 348 g/mol. The van der Waals surface area contributed by atoms with E-state index in [-0.39, 0.29) is 29.8 Å². The second-order valence-corrected chi connectivity index (χ2v) is 6.82. The fourth-order valence-corrected chi connectivity index (χ4v) is 3.11. The molecule has 0 saturated carbocycles. The van der Waals surface area contributed by atoms with Crippen LogP contribution in [0.3, 0.4) is 0 Å². The summed E-state index contributed by atoms with van der Waals surface area (Å²) < 4.78 is 18.9. The molecule has 0 radical (unpaired) electrons. The van der Waals surface area contributed by atoms with E-state index in [4.69, 9.17) is 4.74 Å². The average Bonchev–Trinajstić information content (AvgIpc) is 2.97. The Kier molecular flexibility index (Phi) is 4.71.